The summed E-state index contributed by atoms with van der Waals surface area (Å²) in [5, 5.41) is 12.6. The molecule has 1 rings (SSSR count). The highest BCUT2D eigenvalue weighted by atomic mass is 35.5. The number of halogens is 1. The molecule has 1 aromatic heterocycles. The summed E-state index contributed by atoms with van der Waals surface area (Å²) < 4.78 is 0.640. The second kappa shape index (κ2) is 7.26. The molecule has 0 unspecified atom stereocenters. The molecule has 0 aromatic carbocycles. The van der Waals surface area contributed by atoms with Gasteiger partial charge in [0.15, 0.2) is 0 Å². The lowest BCUT2D eigenvalue weighted by Gasteiger charge is -2.13. The molecule has 3 nitrogen and oxygen atoms in total. The van der Waals surface area contributed by atoms with E-state index in [-0.39, 0.29) is 18.4 Å². The van der Waals surface area contributed by atoms with Gasteiger partial charge in [-0.05, 0) is 18.4 Å². The highest BCUT2D eigenvalue weighted by molar-refractivity contribution is 7.98. The van der Waals surface area contributed by atoms with Gasteiger partial charge in [-0.15, -0.1) is 11.3 Å². The Hall–Kier alpha value is -0.230. The number of aliphatic hydroxyl groups is 1. The van der Waals surface area contributed by atoms with E-state index >= 15 is 0 Å². The fraction of sp³-hybridized carbons (Fsp3) is 0.545. The van der Waals surface area contributed by atoms with Crippen LogP contribution in [-0.2, 0) is 4.79 Å². The number of hydrogen-bond acceptors (Lipinski definition) is 4. The molecule has 0 spiro atoms. The molecule has 1 heterocycles. The van der Waals surface area contributed by atoms with Gasteiger partial charge in [0.05, 0.1) is 4.34 Å². The third kappa shape index (κ3) is 4.87. The van der Waals surface area contributed by atoms with Crippen LogP contribution in [0.25, 0.3) is 0 Å². The second-order valence-electron chi connectivity index (χ2n) is 3.76. The Bertz CT molecular complexity index is 370. The zero-order valence-corrected chi connectivity index (χ0v) is 12.2. The fourth-order valence-electron chi connectivity index (χ4n) is 1.31. The predicted octanol–water partition coefficient (Wildman–Crippen LogP) is 2.55. The molecule has 6 heteroatoms. The summed E-state index contributed by atoms with van der Waals surface area (Å²) in [6.45, 7) is 2.11. The lowest BCUT2D eigenvalue weighted by Crippen LogP contribution is -2.33. The molecule has 2 atom stereocenters. The first-order chi connectivity index (χ1) is 8.04. The summed E-state index contributed by atoms with van der Waals surface area (Å²) in [5.74, 6) is 0.720. The van der Waals surface area contributed by atoms with Crippen molar-refractivity contribution in [1.82, 2.24) is 5.32 Å². The van der Waals surface area contributed by atoms with E-state index in [0.29, 0.717) is 4.34 Å². The highest BCUT2D eigenvalue weighted by Gasteiger charge is 2.15. The third-order valence-electron chi connectivity index (χ3n) is 2.26. The SMILES string of the molecule is CSC[C@@H](C)C(=O)NC[C@@H](O)c1ccc(Cl)s1. The van der Waals surface area contributed by atoms with Crippen molar-refractivity contribution in [3.8, 4) is 0 Å². The van der Waals surface area contributed by atoms with Crippen LogP contribution in [-0.4, -0.2) is 29.6 Å². The van der Waals surface area contributed by atoms with Gasteiger partial charge in [-0.1, -0.05) is 18.5 Å². The molecule has 0 aliphatic rings. The summed E-state index contributed by atoms with van der Waals surface area (Å²) in [6, 6.07) is 3.51. The number of carbonyl (C=O) groups is 1. The van der Waals surface area contributed by atoms with Crippen molar-refractivity contribution in [2.45, 2.75) is 13.0 Å². The lowest BCUT2D eigenvalue weighted by atomic mass is 10.2. The van der Waals surface area contributed by atoms with Crippen LogP contribution in [0.15, 0.2) is 12.1 Å². The van der Waals surface area contributed by atoms with Crippen LogP contribution in [0, 0.1) is 5.92 Å². The maximum absolute atomic E-state index is 11.6. The summed E-state index contributed by atoms with van der Waals surface area (Å²) >= 11 is 8.74. The number of amides is 1. The summed E-state index contributed by atoms with van der Waals surface area (Å²) in [6.07, 6.45) is 1.28. The Morgan fingerprint density at radius 3 is 2.88 bits per heavy atom. The van der Waals surface area contributed by atoms with Gasteiger partial charge in [-0.2, -0.15) is 11.8 Å². The van der Waals surface area contributed by atoms with Gasteiger partial charge in [0.1, 0.15) is 6.10 Å². The first kappa shape index (κ1) is 14.8. The van der Waals surface area contributed by atoms with Crippen molar-refractivity contribution in [3.63, 3.8) is 0 Å². The maximum Gasteiger partial charge on any atom is 0.223 e. The zero-order valence-electron chi connectivity index (χ0n) is 9.77. The van der Waals surface area contributed by atoms with Gasteiger partial charge in [-0.3, -0.25) is 4.79 Å². The highest BCUT2D eigenvalue weighted by Crippen LogP contribution is 2.26. The average Bonchev–Trinajstić information content (AvgIpc) is 2.72. The standard InChI is InChI=1S/C11H16ClNO2S2/c1-7(6-16-2)11(15)13-5-8(14)9-3-4-10(12)17-9/h3-4,7-8,14H,5-6H2,1-2H3,(H,13,15)/t7-,8-/m1/s1. The molecule has 96 valence electrons. The van der Waals surface area contributed by atoms with Crippen molar-refractivity contribution in [2.75, 3.05) is 18.6 Å². The molecular formula is C11H16ClNO2S2. The zero-order chi connectivity index (χ0) is 12.8. The third-order valence-corrected chi connectivity index (χ3v) is 4.42. The Labute approximate surface area is 115 Å². The Morgan fingerprint density at radius 1 is 1.65 bits per heavy atom. The monoisotopic (exact) mass is 293 g/mol. The van der Waals surface area contributed by atoms with Gasteiger partial charge < -0.3 is 10.4 Å². The molecule has 0 radical (unpaired) electrons. The second-order valence-corrected chi connectivity index (χ2v) is 6.42. The largest absolute Gasteiger partial charge is 0.386 e. The van der Waals surface area contributed by atoms with Crippen LogP contribution >= 0.6 is 34.7 Å². The molecule has 1 aromatic rings. The number of carbonyl (C=O) groups excluding carboxylic acids is 1. The van der Waals surface area contributed by atoms with E-state index in [4.69, 9.17) is 11.6 Å². The number of thiophene rings is 1. The predicted molar refractivity (Wildman–Crippen MR) is 74.8 cm³/mol. The Kier molecular flexibility index (Phi) is 6.33. The van der Waals surface area contributed by atoms with Gasteiger partial charge in [0.2, 0.25) is 5.91 Å². The minimum absolute atomic E-state index is 0.0268. The van der Waals surface area contributed by atoms with Crippen LogP contribution in [0.3, 0.4) is 0 Å². The van der Waals surface area contributed by atoms with Crippen molar-refractivity contribution in [2.24, 2.45) is 5.92 Å². The Balaban J connectivity index is 2.38. The quantitative estimate of drug-likeness (QED) is 0.847. The molecular weight excluding hydrogens is 278 g/mol. The van der Waals surface area contributed by atoms with E-state index in [2.05, 4.69) is 5.32 Å². The van der Waals surface area contributed by atoms with E-state index in [1.165, 1.54) is 11.3 Å². The molecule has 0 saturated carbocycles. The molecule has 17 heavy (non-hydrogen) atoms. The van der Waals surface area contributed by atoms with Crippen molar-refractivity contribution < 1.29 is 9.90 Å². The number of nitrogens with one attached hydrogen (secondary N) is 1. The summed E-state index contributed by atoms with van der Waals surface area (Å²) in [7, 11) is 0. The number of hydrogen-bond donors (Lipinski definition) is 2. The minimum atomic E-state index is -0.682. The van der Waals surface area contributed by atoms with E-state index < -0.39 is 6.10 Å². The molecule has 0 saturated heterocycles. The van der Waals surface area contributed by atoms with Crippen LogP contribution in [0.4, 0.5) is 0 Å². The van der Waals surface area contributed by atoms with Crippen molar-refractivity contribution in [1.29, 1.82) is 0 Å². The topological polar surface area (TPSA) is 49.3 Å². The average molecular weight is 294 g/mol. The van der Waals surface area contributed by atoms with Gasteiger partial charge in [0, 0.05) is 23.1 Å². The number of rotatable bonds is 6. The number of aliphatic hydroxyl groups excluding tert-OH is 1. The number of thioether (sulfide) groups is 1. The molecule has 2 N–H and O–H groups in total. The van der Waals surface area contributed by atoms with E-state index in [9.17, 15) is 9.90 Å². The van der Waals surface area contributed by atoms with E-state index in [0.717, 1.165) is 10.6 Å². The van der Waals surface area contributed by atoms with Crippen LogP contribution in [0.1, 0.15) is 17.9 Å². The van der Waals surface area contributed by atoms with Gasteiger partial charge in [-0.25, -0.2) is 0 Å². The maximum atomic E-state index is 11.6. The van der Waals surface area contributed by atoms with Crippen LogP contribution < -0.4 is 5.32 Å². The Morgan fingerprint density at radius 2 is 2.35 bits per heavy atom. The minimum Gasteiger partial charge on any atom is -0.386 e. The van der Waals surface area contributed by atoms with E-state index in [1.807, 2.05) is 13.2 Å². The van der Waals surface area contributed by atoms with Gasteiger partial charge >= 0.3 is 0 Å². The first-order valence-corrected chi connectivity index (χ1v) is 7.83. The van der Waals surface area contributed by atoms with Gasteiger partial charge in [0.25, 0.3) is 0 Å². The van der Waals surface area contributed by atoms with Crippen molar-refractivity contribution >= 4 is 40.6 Å². The normalized spacial score (nSPS) is 14.4. The van der Waals surface area contributed by atoms with Crippen LogP contribution in [0.2, 0.25) is 4.34 Å². The van der Waals surface area contributed by atoms with Crippen molar-refractivity contribution in [3.05, 3.63) is 21.3 Å². The molecule has 0 fully saturated rings. The molecule has 0 aliphatic heterocycles. The summed E-state index contributed by atoms with van der Waals surface area (Å²) in [5.41, 5.74) is 0. The fourth-order valence-corrected chi connectivity index (χ4v) is 3.00. The molecule has 0 bridgehead atoms. The van der Waals surface area contributed by atoms with Crippen LogP contribution in [0.5, 0.6) is 0 Å². The lowest BCUT2D eigenvalue weighted by molar-refractivity contribution is -0.124. The molecule has 0 aliphatic carbocycles. The smallest absolute Gasteiger partial charge is 0.223 e. The molecule has 1 amide bonds. The first-order valence-electron chi connectivity index (χ1n) is 5.24. The van der Waals surface area contributed by atoms with E-state index in [1.54, 1.807) is 23.9 Å². The summed E-state index contributed by atoms with van der Waals surface area (Å²) in [4.78, 5) is 12.4.